The minimum atomic E-state index is 0. The second kappa shape index (κ2) is 6.05. The van der Waals surface area contributed by atoms with Crippen LogP contribution in [-0.4, -0.2) is 0 Å². The summed E-state index contributed by atoms with van der Waals surface area (Å²) < 4.78 is 0. The van der Waals surface area contributed by atoms with Gasteiger partial charge in [0.05, 0.1) is 0 Å². The number of hydrogen-bond donors (Lipinski definition) is 0. The van der Waals surface area contributed by atoms with Crippen LogP contribution < -0.4 is 0 Å². The predicted octanol–water partition coefficient (Wildman–Crippen LogP) is 5.48. The van der Waals surface area contributed by atoms with Gasteiger partial charge in [-0.1, -0.05) is 48.9 Å². The lowest BCUT2D eigenvalue weighted by atomic mass is 9.78. The Hall–Kier alpha value is -1.04. The summed E-state index contributed by atoms with van der Waals surface area (Å²) in [6.45, 7) is 4.38. The summed E-state index contributed by atoms with van der Waals surface area (Å²) in [5, 5.41) is 0. The minimum absolute atomic E-state index is 0. The van der Waals surface area contributed by atoms with E-state index in [2.05, 4.69) is 50.3 Å². The van der Waals surface area contributed by atoms with Gasteiger partial charge < -0.3 is 0 Å². The standard InChI is InChI=1S/C17H24.H2/c1-3-4-5-15-8-12-17(13-9-15)16-10-6-14(2)7-11-16;/h4-7,10-11,15,17H,3,8-9,12-13H2,1-2H3;1H/b5-4+;. The van der Waals surface area contributed by atoms with Gasteiger partial charge in [0.1, 0.15) is 0 Å². The van der Waals surface area contributed by atoms with Gasteiger partial charge in [-0.3, -0.25) is 0 Å². The van der Waals surface area contributed by atoms with Crippen LogP contribution in [0.5, 0.6) is 0 Å². The Morgan fingerprint density at radius 3 is 2.35 bits per heavy atom. The van der Waals surface area contributed by atoms with E-state index in [-0.39, 0.29) is 1.43 Å². The average Bonchev–Trinajstić information content (AvgIpc) is 2.38. The Kier molecular flexibility index (Phi) is 4.42. The quantitative estimate of drug-likeness (QED) is 0.603. The SMILES string of the molecule is CC/C=C/C1CCC(c2ccc(C)cc2)CC1.[HH]. The molecule has 2 rings (SSSR count). The van der Waals surface area contributed by atoms with Gasteiger partial charge >= 0.3 is 0 Å². The van der Waals surface area contributed by atoms with Crippen molar-refractivity contribution in [1.82, 2.24) is 0 Å². The largest absolute Gasteiger partial charge is 0.0885 e. The van der Waals surface area contributed by atoms with Crippen LogP contribution >= 0.6 is 0 Å². The van der Waals surface area contributed by atoms with Crippen molar-refractivity contribution >= 4 is 0 Å². The zero-order valence-electron chi connectivity index (χ0n) is 11.2. The molecular formula is C17H26. The molecule has 0 radical (unpaired) electrons. The summed E-state index contributed by atoms with van der Waals surface area (Å²) in [6.07, 6.45) is 11.4. The van der Waals surface area contributed by atoms with Gasteiger partial charge in [-0.15, -0.1) is 0 Å². The highest BCUT2D eigenvalue weighted by molar-refractivity contribution is 5.25. The van der Waals surface area contributed by atoms with Crippen molar-refractivity contribution in [3.05, 3.63) is 47.5 Å². The van der Waals surface area contributed by atoms with Crippen molar-refractivity contribution < 1.29 is 1.43 Å². The Labute approximate surface area is 107 Å². The highest BCUT2D eigenvalue weighted by Gasteiger charge is 2.20. The normalized spacial score (nSPS) is 25.3. The number of benzene rings is 1. The molecule has 0 saturated heterocycles. The van der Waals surface area contributed by atoms with E-state index in [4.69, 9.17) is 0 Å². The first-order valence-corrected chi connectivity index (χ1v) is 7.03. The highest BCUT2D eigenvalue weighted by Crippen LogP contribution is 2.36. The molecule has 0 spiro atoms. The van der Waals surface area contributed by atoms with E-state index in [1.165, 1.54) is 37.7 Å². The molecule has 0 unspecified atom stereocenters. The Balaban J connectivity index is 0.00000162. The maximum atomic E-state index is 2.44. The van der Waals surface area contributed by atoms with E-state index in [9.17, 15) is 0 Å². The summed E-state index contributed by atoms with van der Waals surface area (Å²) >= 11 is 0. The molecule has 1 aromatic rings. The number of hydrogen-bond acceptors (Lipinski definition) is 0. The van der Waals surface area contributed by atoms with Gasteiger partial charge in [0.2, 0.25) is 0 Å². The van der Waals surface area contributed by atoms with Crippen molar-refractivity contribution in [2.75, 3.05) is 0 Å². The van der Waals surface area contributed by atoms with Crippen LogP contribution in [0.4, 0.5) is 0 Å². The van der Waals surface area contributed by atoms with Gasteiger partial charge in [0.15, 0.2) is 0 Å². The third kappa shape index (κ3) is 3.46. The Morgan fingerprint density at radius 1 is 1.12 bits per heavy atom. The van der Waals surface area contributed by atoms with Gasteiger partial charge in [-0.25, -0.2) is 0 Å². The molecule has 17 heavy (non-hydrogen) atoms. The van der Waals surface area contributed by atoms with Crippen molar-refractivity contribution in [1.29, 1.82) is 0 Å². The molecular weight excluding hydrogens is 204 g/mol. The summed E-state index contributed by atoms with van der Waals surface area (Å²) in [5.41, 5.74) is 2.92. The van der Waals surface area contributed by atoms with E-state index >= 15 is 0 Å². The summed E-state index contributed by atoms with van der Waals surface area (Å²) in [7, 11) is 0. The maximum absolute atomic E-state index is 2.44. The first-order chi connectivity index (χ1) is 8.29. The van der Waals surface area contributed by atoms with E-state index < -0.39 is 0 Å². The molecule has 0 aliphatic heterocycles. The minimum Gasteiger partial charge on any atom is -0.0885 e. The summed E-state index contributed by atoms with van der Waals surface area (Å²) in [6, 6.07) is 9.14. The lowest BCUT2D eigenvalue weighted by molar-refractivity contribution is 0.375. The predicted molar refractivity (Wildman–Crippen MR) is 77.4 cm³/mol. The monoisotopic (exact) mass is 230 g/mol. The zero-order chi connectivity index (χ0) is 12.1. The van der Waals surface area contributed by atoms with Gasteiger partial charge in [-0.05, 0) is 56.4 Å². The molecule has 1 aliphatic carbocycles. The fourth-order valence-corrected chi connectivity index (χ4v) is 2.81. The third-order valence-corrected chi connectivity index (χ3v) is 3.96. The fourth-order valence-electron chi connectivity index (χ4n) is 2.81. The van der Waals surface area contributed by atoms with Crippen molar-refractivity contribution in [2.45, 2.75) is 51.9 Å². The Morgan fingerprint density at radius 2 is 1.76 bits per heavy atom. The second-order valence-electron chi connectivity index (χ2n) is 5.36. The lowest BCUT2D eigenvalue weighted by Crippen LogP contribution is -2.11. The molecule has 1 aromatic carbocycles. The van der Waals surface area contributed by atoms with Crippen molar-refractivity contribution in [2.24, 2.45) is 5.92 Å². The number of rotatable bonds is 3. The average molecular weight is 230 g/mol. The maximum Gasteiger partial charge on any atom is 0 e. The third-order valence-electron chi connectivity index (χ3n) is 3.96. The first kappa shape index (κ1) is 12.4. The zero-order valence-corrected chi connectivity index (χ0v) is 11.2. The fraction of sp³-hybridized carbons (Fsp3) is 0.529. The first-order valence-electron chi connectivity index (χ1n) is 7.03. The molecule has 0 atom stereocenters. The molecule has 1 saturated carbocycles. The van der Waals surface area contributed by atoms with Crippen LogP contribution in [0.25, 0.3) is 0 Å². The molecule has 0 amide bonds. The van der Waals surface area contributed by atoms with Crippen LogP contribution in [0.3, 0.4) is 0 Å². The van der Waals surface area contributed by atoms with Gasteiger partial charge in [0.25, 0.3) is 0 Å². The van der Waals surface area contributed by atoms with E-state index in [1.807, 2.05) is 0 Å². The number of aryl methyl sites for hydroxylation is 1. The summed E-state index contributed by atoms with van der Waals surface area (Å²) in [5.74, 6) is 1.65. The van der Waals surface area contributed by atoms with Gasteiger partial charge in [-0.2, -0.15) is 0 Å². The molecule has 1 aliphatic rings. The lowest BCUT2D eigenvalue weighted by Gasteiger charge is -2.27. The van der Waals surface area contributed by atoms with Crippen molar-refractivity contribution in [3.63, 3.8) is 0 Å². The molecule has 0 bridgehead atoms. The molecule has 0 aromatic heterocycles. The van der Waals surface area contributed by atoms with Crippen LogP contribution in [-0.2, 0) is 0 Å². The van der Waals surface area contributed by atoms with Crippen LogP contribution in [0.15, 0.2) is 36.4 Å². The molecule has 0 N–H and O–H groups in total. The van der Waals surface area contributed by atoms with Crippen molar-refractivity contribution in [3.8, 4) is 0 Å². The molecule has 1 fully saturated rings. The molecule has 0 heteroatoms. The smallest absolute Gasteiger partial charge is 0 e. The molecule has 94 valence electrons. The van der Waals surface area contributed by atoms with Crippen LogP contribution in [0, 0.1) is 12.8 Å². The highest BCUT2D eigenvalue weighted by atomic mass is 14.2. The second-order valence-corrected chi connectivity index (χ2v) is 5.36. The number of allylic oxidation sites excluding steroid dienone is 2. The van der Waals surface area contributed by atoms with E-state index in [1.54, 1.807) is 5.56 Å². The van der Waals surface area contributed by atoms with E-state index in [0.29, 0.717) is 0 Å². The van der Waals surface area contributed by atoms with E-state index in [0.717, 1.165) is 11.8 Å². The summed E-state index contributed by atoms with van der Waals surface area (Å²) in [4.78, 5) is 0. The topological polar surface area (TPSA) is 0 Å². The Bertz CT molecular complexity index is 356. The molecule has 0 heterocycles. The van der Waals surface area contributed by atoms with Gasteiger partial charge in [0, 0.05) is 1.43 Å². The van der Waals surface area contributed by atoms with Crippen LogP contribution in [0.2, 0.25) is 0 Å². The van der Waals surface area contributed by atoms with Crippen LogP contribution in [0.1, 0.15) is 57.5 Å². The molecule has 0 nitrogen and oxygen atoms in total.